The number of carbonyl (C=O) groups excluding carboxylic acids is 1. The maximum Gasteiger partial charge on any atom is 0.317 e. The number of urea groups is 1. The lowest BCUT2D eigenvalue weighted by atomic mass is 10.0. The Bertz CT molecular complexity index is 291. The highest BCUT2D eigenvalue weighted by atomic mass is 16.4. The number of nitrogens with zero attached hydrogens (tertiary/aromatic N) is 1. The van der Waals surface area contributed by atoms with E-state index in [1.807, 2.05) is 0 Å². The molecule has 0 heterocycles. The smallest absolute Gasteiger partial charge is 0.317 e. The Morgan fingerprint density at radius 2 is 2.25 bits per heavy atom. The Labute approximate surface area is 95.1 Å². The van der Waals surface area contributed by atoms with E-state index in [-0.39, 0.29) is 12.1 Å². The molecule has 0 bridgehead atoms. The monoisotopic (exact) mass is 226 g/mol. The number of carbonyl (C=O) groups is 2. The van der Waals surface area contributed by atoms with Gasteiger partial charge in [-0.2, -0.15) is 0 Å². The van der Waals surface area contributed by atoms with Crippen LogP contribution < -0.4 is 5.32 Å². The number of hydrogen-bond acceptors (Lipinski definition) is 2. The van der Waals surface area contributed by atoms with Gasteiger partial charge in [0.05, 0.1) is 5.92 Å². The molecular weight excluding hydrogens is 208 g/mol. The van der Waals surface area contributed by atoms with Crippen molar-refractivity contribution in [3.05, 3.63) is 12.7 Å². The fourth-order valence-electron chi connectivity index (χ4n) is 1.97. The molecule has 90 valence electrons. The van der Waals surface area contributed by atoms with Crippen LogP contribution in [0.25, 0.3) is 0 Å². The number of nitrogens with one attached hydrogen (secondary N) is 1. The molecule has 5 heteroatoms. The molecule has 0 saturated heterocycles. The molecule has 2 amide bonds. The molecule has 5 nitrogen and oxygen atoms in total. The number of carboxylic acids is 1. The van der Waals surface area contributed by atoms with Crippen molar-refractivity contribution in [2.75, 3.05) is 13.6 Å². The molecule has 0 spiro atoms. The summed E-state index contributed by atoms with van der Waals surface area (Å²) < 4.78 is 0. The van der Waals surface area contributed by atoms with Gasteiger partial charge in [-0.05, 0) is 12.8 Å². The largest absolute Gasteiger partial charge is 0.481 e. The quantitative estimate of drug-likeness (QED) is 0.704. The van der Waals surface area contributed by atoms with E-state index >= 15 is 0 Å². The van der Waals surface area contributed by atoms with E-state index < -0.39 is 11.9 Å². The summed E-state index contributed by atoms with van der Waals surface area (Å²) in [4.78, 5) is 24.0. The minimum Gasteiger partial charge on any atom is -0.481 e. The molecule has 0 aliphatic heterocycles. The van der Waals surface area contributed by atoms with Gasteiger partial charge in [-0.3, -0.25) is 4.79 Å². The van der Waals surface area contributed by atoms with Gasteiger partial charge in [0.15, 0.2) is 0 Å². The van der Waals surface area contributed by atoms with Crippen LogP contribution in [0.5, 0.6) is 0 Å². The summed E-state index contributed by atoms with van der Waals surface area (Å²) in [6.07, 6.45) is 3.87. The topological polar surface area (TPSA) is 69.6 Å². The lowest BCUT2D eigenvalue weighted by Crippen LogP contribution is -2.46. The number of likely N-dealkylation sites (N-methyl/N-ethyl adjacent to an activating group) is 1. The highest BCUT2D eigenvalue weighted by Gasteiger charge is 2.34. The van der Waals surface area contributed by atoms with Gasteiger partial charge in [0.2, 0.25) is 0 Å². The molecule has 0 aromatic heterocycles. The van der Waals surface area contributed by atoms with Crippen molar-refractivity contribution in [2.45, 2.75) is 25.3 Å². The molecule has 2 atom stereocenters. The maximum atomic E-state index is 11.6. The summed E-state index contributed by atoms with van der Waals surface area (Å²) in [5, 5.41) is 11.7. The average molecular weight is 226 g/mol. The first kappa shape index (κ1) is 12.5. The van der Waals surface area contributed by atoms with Crippen LogP contribution in [-0.2, 0) is 4.79 Å². The number of carboxylic acid groups (broad SMARTS) is 1. The Kier molecular flexibility index (Phi) is 4.34. The minimum atomic E-state index is -0.825. The fraction of sp³-hybridized carbons (Fsp3) is 0.636. The van der Waals surface area contributed by atoms with Crippen molar-refractivity contribution in [1.29, 1.82) is 0 Å². The van der Waals surface area contributed by atoms with E-state index in [0.717, 1.165) is 12.8 Å². The highest BCUT2D eigenvalue weighted by Crippen LogP contribution is 2.25. The SMILES string of the molecule is C=CCN(C)C(=O)NC1CCCC1C(=O)O. The summed E-state index contributed by atoms with van der Waals surface area (Å²) in [7, 11) is 1.65. The van der Waals surface area contributed by atoms with E-state index in [9.17, 15) is 9.59 Å². The van der Waals surface area contributed by atoms with E-state index in [1.54, 1.807) is 13.1 Å². The summed E-state index contributed by atoms with van der Waals surface area (Å²) in [5.74, 6) is -1.27. The van der Waals surface area contributed by atoms with Crippen LogP contribution in [0.1, 0.15) is 19.3 Å². The molecule has 0 aromatic carbocycles. The Morgan fingerprint density at radius 1 is 1.56 bits per heavy atom. The number of rotatable bonds is 4. The summed E-state index contributed by atoms with van der Waals surface area (Å²) in [5.41, 5.74) is 0. The highest BCUT2D eigenvalue weighted by molar-refractivity contribution is 5.77. The first-order valence-electron chi connectivity index (χ1n) is 5.41. The lowest BCUT2D eigenvalue weighted by molar-refractivity contribution is -0.142. The van der Waals surface area contributed by atoms with Crippen LogP contribution in [0.15, 0.2) is 12.7 Å². The molecule has 0 radical (unpaired) electrons. The molecule has 1 aliphatic carbocycles. The first-order chi connectivity index (χ1) is 7.56. The second kappa shape index (κ2) is 5.53. The molecule has 2 N–H and O–H groups in total. The Morgan fingerprint density at radius 3 is 2.81 bits per heavy atom. The third-order valence-electron chi connectivity index (χ3n) is 2.89. The van der Waals surface area contributed by atoms with Crippen molar-refractivity contribution in [1.82, 2.24) is 10.2 Å². The second-order valence-corrected chi connectivity index (χ2v) is 4.10. The lowest BCUT2D eigenvalue weighted by Gasteiger charge is -2.22. The molecule has 0 aromatic rings. The molecule has 16 heavy (non-hydrogen) atoms. The Hall–Kier alpha value is -1.52. The predicted octanol–water partition coefficient (Wildman–Crippen LogP) is 1.07. The van der Waals surface area contributed by atoms with E-state index in [4.69, 9.17) is 5.11 Å². The van der Waals surface area contributed by atoms with Crippen molar-refractivity contribution >= 4 is 12.0 Å². The number of aliphatic carboxylic acids is 1. The van der Waals surface area contributed by atoms with Crippen molar-refractivity contribution in [2.24, 2.45) is 5.92 Å². The van der Waals surface area contributed by atoms with E-state index in [2.05, 4.69) is 11.9 Å². The number of amides is 2. The van der Waals surface area contributed by atoms with Gasteiger partial charge in [0.1, 0.15) is 0 Å². The summed E-state index contributed by atoms with van der Waals surface area (Å²) in [6.45, 7) is 4.00. The molecule has 1 fully saturated rings. The third-order valence-corrected chi connectivity index (χ3v) is 2.89. The standard InChI is InChI=1S/C11H18N2O3/c1-3-7-13(2)11(16)12-9-6-4-5-8(9)10(14)15/h3,8-9H,1,4-7H2,2H3,(H,12,16)(H,14,15). The van der Waals surface area contributed by atoms with Gasteiger partial charge < -0.3 is 15.3 Å². The predicted molar refractivity (Wildman–Crippen MR) is 60.1 cm³/mol. The fourth-order valence-corrected chi connectivity index (χ4v) is 1.97. The third kappa shape index (κ3) is 2.98. The Balaban J connectivity index is 2.49. The van der Waals surface area contributed by atoms with Crippen molar-refractivity contribution in [3.8, 4) is 0 Å². The zero-order valence-electron chi connectivity index (χ0n) is 9.48. The van der Waals surface area contributed by atoms with Gasteiger partial charge >= 0.3 is 12.0 Å². The van der Waals surface area contributed by atoms with Gasteiger partial charge in [0.25, 0.3) is 0 Å². The van der Waals surface area contributed by atoms with Crippen molar-refractivity contribution < 1.29 is 14.7 Å². The number of hydrogen-bond donors (Lipinski definition) is 2. The van der Waals surface area contributed by atoms with Gasteiger partial charge in [0, 0.05) is 19.6 Å². The first-order valence-corrected chi connectivity index (χ1v) is 5.41. The van der Waals surface area contributed by atoms with Crippen LogP contribution in [0.2, 0.25) is 0 Å². The molecular formula is C11H18N2O3. The van der Waals surface area contributed by atoms with Crippen LogP contribution in [-0.4, -0.2) is 41.6 Å². The summed E-state index contributed by atoms with van der Waals surface area (Å²) in [6, 6.07) is -0.477. The second-order valence-electron chi connectivity index (χ2n) is 4.10. The zero-order chi connectivity index (χ0) is 12.1. The van der Waals surface area contributed by atoms with Crippen molar-refractivity contribution in [3.63, 3.8) is 0 Å². The maximum absolute atomic E-state index is 11.6. The van der Waals surface area contributed by atoms with E-state index in [1.165, 1.54) is 4.90 Å². The van der Waals surface area contributed by atoms with Crippen LogP contribution in [0, 0.1) is 5.92 Å². The average Bonchev–Trinajstić information content (AvgIpc) is 2.66. The molecule has 2 unspecified atom stereocenters. The molecule has 1 aliphatic rings. The molecule has 1 saturated carbocycles. The van der Waals surface area contributed by atoms with Crippen LogP contribution >= 0.6 is 0 Å². The molecule has 1 rings (SSSR count). The normalized spacial score (nSPS) is 23.8. The minimum absolute atomic E-state index is 0.238. The van der Waals surface area contributed by atoms with Gasteiger partial charge in [-0.15, -0.1) is 6.58 Å². The zero-order valence-corrected chi connectivity index (χ0v) is 9.48. The van der Waals surface area contributed by atoms with Crippen LogP contribution in [0.4, 0.5) is 4.79 Å². The van der Waals surface area contributed by atoms with Gasteiger partial charge in [-0.25, -0.2) is 4.79 Å². The summed E-state index contributed by atoms with van der Waals surface area (Å²) >= 11 is 0. The van der Waals surface area contributed by atoms with Gasteiger partial charge in [-0.1, -0.05) is 12.5 Å². The van der Waals surface area contributed by atoms with Crippen LogP contribution in [0.3, 0.4) is 0 Å². The van der Waals surface area contributed by atoms with E-state index in [0.29, 0.717) is 13.0 Å².